The maximum Gasteiger partial charge on any atom is 0.854 e. The number of nitrogens with zero attached hydrogens (tertiary/aromatic N) is 2. The van der Waals surface area contributed by atoms with E-state index >= 15 is 8.63 Å². The van der Waals surface area contributed by atoms with Gasteiger partial charge in [-0.05, 0) is 73.5 Å². The number of nitrogens with one attached hydrogen (secondary N) is 1. The highest BCUT2D eigenvalue weighted by molar-refractivity contribution is 6.52. The van der Waals surface area contributed by atoms with Crippen LogP contribution in [0.2, 0.25) is 0 Å². The first-order valence-corrected chi connectivity index (χ1v) is 12.5. The van der Waals surface area contributed by atoms with Crippen molar-refractivity contribution < 1.29 is 17.9 Å². The zero-order valence-electron chi connectivity index (χ0n) is 20.6. The maximum atomic E-state index is 16.1. The Hall–Kier alpha value is -4.29. The van der Waals surface area contributed by atoms with Crippen molar-refractivity contribution in [2.24, 2.45) is 0 Å². The SMILES string of the molecule is Cc1cccc(N(c2cccc(C)c2)c2cccc3c2C=[N+]2C3=CC3=c4ccccc4=C[NH+]3[B-]2(F)F)c1. The monoisotopic (exact) mass is 488 g/mol. The number of benzene rings is 4. The lowest BCUT2D eigenvalue weighted by Crippen LogP contribution is -3.16. The highest BCUT2D eigenvalue weighted by Crippen LogP contribution is 2.42. The molecule has 3 aliphatic rings. The van der Waals surface area contributed by atoms with E-state index in [0.717, 1.165) is 49.8 Å². The lowest BCUT2D eigenvalue weighted by atomic mass is 9.88. The first-order chi connectivity index (χ1) is 17.9. The van der Waals surface area contributed by atoms with Crippen LogP contribution in [0.3, 0.4) is 0 Å². The van der Waals surface area contributed by atoms with Crippen molar-refractivity contribution in [3.63, 3.8) is 0 Å². The van der Waals surface area contributed by atoms with Gasteiger partial charge >= 0.3 is 6.97 Å². The second-order valence-corrected chi connectivity index (χ2v) is 10.0. The Morgan fingerprint density at radius 3 is 2.16 bits per heavy atom. The van der Waals surface area contributed by atoms with Crippen molar-refractivity contribution >= 4 is 47.8 Å². The van der Waals surface area contributed by atoms with Crippen molar-refractivity contribution in [2.75, 3.05) is 4.90 Å². The van der Waals surface area contributed by atoms with Crippen LogP contribution in [0.25, 0.3) is 17.6 Å². The van der Waals surface area contributed by atoms with E-state index in [1.807, 2.05) is 60.7 Å². The van der Waals surface area contributed by atoms with E-state index in [-0.39, 0.29) is 4.81 Å². The molecule has 1 unspecified atom stereocenters. The molecule has 37 heavy (non-hydrogen) atoms. The van der Waals surface area contributed by atoms with Crippen LogP contribution in [-0.4, -0.2) is 17.7 Å². The van der Waals surface area contributed by atoms with Gasteiger partial charge in [-0.15, -0.1) is 0 Å². The molecule has 0 fully saturated rings. The van der Waals surface area contributed by atoms with Crippen LogP contribution >= 0.6 is 0 Å². The number of hydrogen-bond acceptors (Lipinski definition) is 1. The summed E-state index contributed by atoms with van der Waals surface area (Å²) in [7, 11) is 0. The maximum absolute atomic E-state index is 16.1. The number of rotatable bonds is 3. The van der Waals surface area contributed by atoms with Gasteiger partial charge in [0, 0.05) is 21.8 Å². The van der Waals surface area contributed by atoms with Crippen LogP contribution in [0.15, 0.2) is 97.1 Å². The average Bonchev–Trinajstić information content (AvgIpc) is 3.46. The number of aryl methyl sites for hydroxylation is 2. The molecule has 0 aliphatic carbocycles. The van der Waals surface area contributed by atoms with Crippen molar-refractivity contribution in [1.29, 1.82) is 0 Å². The summed E-state index contributed by atoms with van der Waals surface area (Å²) in [6, 6.07) is 30.2. The number of hydrogen-bond donors (Lipinski definition) is 1. The van der Waals surface area contributed by atoms with E-state index in [1.165, 1.54) is 4.49 Å². The number of quaternary nitrogens is 1. The summed E-state index contributed by atoms with van der Waals surface area (Å²) < 4.78 is 33.5. The molecule has 3 heterocycles. The summed E-state index contributed by atoms with van der Waals surface area (Å²) in [6.45, 7) is 0.157. The van der Waals surface area contributed by atoms with E-state index in [4.69, 9.17) is 0 Å². The van der Waals surface area contributed by atoms with E-state index in [2.05, 4.69) is 55.1 Å². The minimum atomic E-state index is -3.97. The molecule has 0 radical (unpaired) electrons. The van der Waals surface area contributed by atoms with Crippen LogP contribution in [-0.2, 0) is 0 Å². The molecule has 6 heteroatoms. The van der Waals surface area contributed by atoms with Crippen LogP contribution in [0.5, 0.6) is 0 Å². The van der Waals surface area contributed by atoms with Crippen LogP contribution < -0.4 is 20.1 Å². The van der Waals surface area contributed by atoms with E-state index in [1.54, 1.807) is 12.4 Å². The highest BCUT2D eigenvalue weighted by Gasteiger charge is 2.63. The number of fused-ring (bicyclic) bond motifs is 5. The normalized spacial score (nSPS) is 18.2. The van der Waals surface area contributed by atoms with Crippen molar-refractivity contribution in [1.82, 2.24) is 0 Å². The van der Waals surface area contributed by atoms with Crippen molar-refractivity contribution in [3.8, 4) is 0 Å². The van der Waals surface area contributed by atoms with E-state index in [9.17, 15) is 0 Å². The third-order valence-electron chi connectivity index (χ3n) is 7.54. The molecular formula is C31H25BF2N3+. The number of anilines is 3. The highest BCUT2D eigenvalue weighted by atomic mass is 19.2. The molecule has 0 amide bonds. The summed E-state index contributed by atoms with van der Waals surface area (Å²) in [5, 5.41) is 1.73. The molecular weight excluding hydrogens is 463 g/mol. The van der Waals surface area contributed by atoms with Crippen LogP contribution in [0, 0.1) is 13.8 Å². The van der Waals surface area contributed by atoms with Gasteiger partial charge in [-0.25, -0.2) is 0 Å². The minimum Gasteiger partial charge on any atom is -0.346 e. The fraction of sp³-hybridized carbons (Fsp3) is 0.0645. The summed E-state index contributed by atoms with van der Waals surface area (Å²) in [4.78, 5) is 2.28. The molecule has 3 nitrogen and oxygen atoms in total. The second-order valence-electron chi connectivity index (χ2n) is 10.0. The smallest absolute Gasteiger partial charge is 0.346 e. The molecule has 0 saturated carbocycles. The Labute approximate surface area is 214 Å². The Kier molecular flexibility index (Phi) is 4.66. The summed E-state index contributed by atoms with van der Waals surface area (Å²) in [5.41, 5.74) is 7.94. The van der Waals surface area contributed by atoms with Gasteiger partial charge < -0.3 is 18.3 Å². The Morgan fingerprint density at radius 1 is 0.784 bits per heavy atom. The molecule has 180 valence electrons. The fourth-order valence-corrected chi connectivity index (χ4v) is 5.84. The topological polar surface area (TPSA) is 10.7 Å². The molecule has 4 aromatic carbocycles. The van der Waals surface area contributed by atoms with Crippen molar-refractivity contribution in [2.45, 2.75) is 13.8 Å². The predicted molar refractivity (Wildman–Crippen MR) is 147 cm³/mol. The Bertz CT molecular complexity index is 1760. The first-order valence-electron chi connectivity index (χ1n) is 12.5. The molecule has 4 aromatic rings. The summed E-state index contributed by atoms with van der Waals surface area (Å²) in [5.74, 6) is 0. The third kappa shape index (κ3) is 3.26. The zero-order valence-corrected chi connectivity index (χ0v) is 20.6. The molecule has 3 aliphatic heterocycles. The zero-order chi connectivity index (χ0) is 25.3. The van der Waals surface area contributed by atoms with Gasteiger partial charge in [0.15, 0.2) is 5.70 Å². The number of halogens is 2. The largest absolute Gasteiger partial charge is 0.854 e. The van der Waals surface area contributed by atoms with Gasteiger partial charge in [-0.1, -0.05) is 42.5 Å². The lowest BCUT2D eigenvalue weighted by molar-refractivity contribution is -0.690. The van der Waals surface area contributed by atoms with Gasteiger partial charge in [0.1, 0.15) is 11.9 Å². The van der Waals surface area contributed by atoms with Crippen LogP contribution in [0.1, 0.15) is 22.3 Å². The minimum absolute atomic E-state index is 0.116. The fourth-order valence-electron chi connectivity index (χ4n) is 5.84. The molecule has 0 bridgehead atoms. The summed E-state index contributed by atoms with van der Waals surface area (Å²) in [6.07, 6.45) is 5.24. The predicted octanol–water partition coefficient (Wildman–Crippen LogP) is 4.39. The molecule has 0 spiro atoms. The van der Waals surface area contributed by atoms with E-state index in [0.29, 0.717) is 11.4 Å². The van der Waals surface area contributed by atoms with Gasteiger partial charge in [-0.2, -0.15) is 0 Å². The molecule has 1 N–H and O–H groups in total. The lowest BCUT2D eigenvalue weighted by Gasteiger charge is -2.29. The average molecular weight is 488 g/mol. The van der Waals surface area contributed by atoms with Crippen LogP contribution in [0.4, 0.5) is 25.7 Å². The van der Waals surface area contributed by atoms with Gasteiger partial charge in [-0.3, -0.25) is 4.49 Å². The van der Waals surface area contributed by atoms with Gasteiger partial charge in [0.05, 0.1) is 29.1 Å². The molecule has 1 atom stereocenters. The summed E-state index contributed by atoms with van der Waals surface area (Å²) >= 11 is 0. The van der Waals surface area contributed by atoms with E-state index < -0.39 is 6.97 Å². The first kappa shape index (κ1) is 22.0. The molecule has 0 aromatic heterocycles. The quantitative estimate of drug-likeness (QED) is 0.422. The standard InChI is InChI=1S/C31H25BF2N3/c1-21-8-5-11-24(16-21)37(25-12-6-9-22(2)17-25)29-15-7-14-27-28(29)20-36-31(27)18-30-26-13-4-3-10-23(26)19-35(30)32(36,33)34/h3-20,35H,1-2H3/q+1. The Morgan fingerprint density at radius 2 is 1.46 bits per heavy atom. The second kappa shape index (κ2) is 7.86. The van der Waals surface area contributed by atoms with Gasteiger partial charge in [0.25, 0.3) is 0 Å². The third-order valence-corrected chi connectivity index (χ3v) is 7.54. The van der Waals surface area contributed by atoms with Crippen molar-refractivity contribution in [3.05, 3.63) is 130 Å². The molecule has 0 saturated heterocycles. The van der Waals surface area contributed by atoms with Gasteiger partial charge in [0.2, 0.25) is 0 Å². The molecule has 7 rings (SSSR count). The Balaban J connectivity index is 1.48.